The lowest BCUT2D eigenvalue weighted by molar-refractivity contribution is -0.380. The number of nitro groups is 1. The number of hydrogen-bond donors (Lipinski definition) is 2. The van der Waals surface area contributed by atoms with Gasteiger partial charge >= 0.3 is 5.00 Å². The molecular formula is C71H79N7O6S. The molecule has 7 aromatic rings. The molecule has 0 spiro atoms. The van der Waals surface area contributed by atoms with E-state index in [9.17, 15) is 10.1 Å². The summed E-state index contributed by atoms with van der Waals surface area (Å²) in [4.78, 5) is 36.3. The van der Waals surface area contributed by atoms with Crippen LogP contribution in [0, 0.1) is 55.5 Å². The molecule has 2 aliphatic heterocycles. The monoisotopic (exact) mass is 1160 g/mol. The van der Waals surface area contributed by atoms with E-state index in [0.29, 0.717) is 93.9 Å². The smallest absolute Gasteiger partial charge is 0.344 e. The highest BCUT2D eigenvalue weighted by Crippen LogP contribution is 2.40. The zero-order valence-electron chi connectivity index (χ0n) is 51.7. The highest BCUT2D eigenvalue weighted by atomic mass is 32.1. The molecule has 0 aliphatic carbocycles. The van der Waals surface area contributed by atoms with Gasteiger partial charge in [0.2, 0.25) is 0 Å². The van der Waals surface area contributed by atoms with Crippen molar-refractivity contribution in [2.24, 2.45) is 21.7 Å². The SMILES string of the molecule is CN(C)c1ccc(C#Cc2c3nc(c(-c4cc(OCCC(C)(C)C)cc(OCCC(C)(C)C)c4)c4ccc([nH]4)c(C#Cc4ncc([N+](=O)[O-])s4)c4nc(c(-c5cc(OCCC(C)(C)C)cc(OCCC(C)(C)C)c5)c5ccc2[nH]5)C=C4)C=C3)cc1. The fourth-order valence-corrected chi connectivity index (χ4v) is 9.83. The molecule has 4 aromatic heterocycles. The fourth-order valence-electron chi connectivity index (χ4n) is 9.24. The molecule has 0 saturated carbocycles. The third kappa shape index (κ3) is 16.6. The number of benzene rings is 3. The van der Waals surface area contributed by atoms with Gasteiger partial charge in [-0.3, -0.25) is 10.1 Å². The zero-order valence-corrected chi connectivity index (χ0v) is 52.5. The number of thiazole rings is 1. The molecule has 0 saturated heterocycles. The number of nitrogens with zero attached hydrogens (tertiary/aromatic N) is 5. The lowest BCUT2D eigenvalue weighted by Crippen LogP contribution is -2.12. The van der Waals surface area contributed by atoms with Crippen LogP contribution in [0.4, 0.5) is 10.7 Å². The summed E-state index contributed by atoms with van der Waals surface area (Å²) < 4.78 is 26.3. The third-order valence-corrected chi connectivity index (χ3v) is 15.1. The van der Waals surface area contributed by atoms with Crippen molar-refractivity contribution in [1.29, 1.82) is 0 Å². The molecule has 2 aliphatic rings. The van der Waals surface area contributed by atoms with E-state index in [1.54, 1.807) is 0 Å². The average molecular weight is 1160 g/mol. The normalized spacial score (nSPS) is 12.3. The number of nitrogens with one attached hydrogen (secondary N) is 2. The van der Waals surface area contributed by atoms with E-state index in [4.69, 9.17) is 28.9 Å². The number of H-pyrrole nitrogens is 2. The van der Waals surface area contributed by atoms with Crippen LogP contribution in [0.1, 0.15) is 153 Å². The van der Waals surface area contributed by atoms with E-state index in [1.165, 1.54) is 6.20 Å². The van der Waals surface area contributed by atoms with Crippen molar-refractivity contribution >= 4 is 68.4 Å². The van der Waals surface area contributed by atoms with E-state index in [0.717, 1.165) is 87.1 Å². The number of fused-ring (bicyclic) bond motifs is 8. The maximum atomic E-state index is 11.8. The number of anilines is 1. The van der Waals surface area contributed by atoms with Crippen LogP contribution >= 0.6 is 11.3 Å². The van der Waals surface area contributed by atoms with Gasteiger partial charge in [-0.1, -0.05) is 101 Å². The summed E-state index contributed by atoms with van der Waals surface area (Å²) in [5, 5.41) is 12.0. The molecule has 3 aromatic carbocycles. The maximum Gasteiger partial charge on any atom is 0.344 e. The summed E-state index contributed by atoms with van der Waals surface area (Å²) in [5.74, 6) is 16.3. The van der Waals surface area contributed by atoms with Crippen molar-refractivity contribution in [3.8, 4) is 68.9 Å². The Bertz CT molecular complexity index is 3820. The largest absolute Gasteiger partial charge is 0.493 e. The standard InChI is InChI=1S/C71H79N7O6S/c1-68(2,3)31-35-81-50-39-47(40-51(43-50)82-36-32-69(4,5)6)66-60-26-22-56(73-60)54(20-17-46-15-18-49(19-16-46)77(13)14)57-23-27-61(74-57)67(48-41-52(83-37-33-70(7,8)9)44-53(42-48)84-38-34-71(10,11)12)63-29-25-59(76-63)55(58-24-28-62(66)75-58)21-30-64-72-45-65(85-64)78(79)80/h15-16,18-19,22-29,39-45,73,76H,31-38H2,1-14H3. The predicted octanol–water partition coefficient (Wildman–Crippen LogP) is 17.5. The zero-order chi connectivity index (χ0) is 60.8. The van der Waals surface area contributed by atoms with Crippen molar-refractivity contribution in [3.63, 3.8) is 0 Å². The Morgan fingerprint density at radius 1 is 0.506 bits per heavy atom. The summed E-state index contributed by atoms with van der Waals surface area (Å²) >= 11 is 0.918. The van der Waals surface area contributed by atoms with Gasteiger partial charge in [0.05, 0.1) is 76.3 Å². The van der Waals surface area contributed by atoms with Crippen LogP contribution in [-0.4, -0.2) is 70.4 Å². The van der Waals surface area contributed by atoms with Gasteiger partial charge in [0.15, 0.2) is 5.01 Å². The van der Waals surface area contributed by atoms with E-state index < -0.39 is 4.92 Å². The van der Waals surface area contributed by atoms with Crippen molar-refractivity contribution in [3.05, 3.63) is 146 Å². The van der Waals surface area contributed by atoms with Gasteiger partial charge in [-0.15, -0.1) is 0 Å². The highest BCUT2D eigenvalue weighted by Gasteiger charge is 2.22. The van der Waals surface area contributed by atoms with Gasteiger partial charge < -0.3 is 33.8 Å². The Morgan fingerprint density at radius 3 is 1.25 bits per heavy atom. The third-order valence-electron chi connectivity index (χ3n) is 14.3. The summed E-state index contributed by atoms with van der Waals surface area (Å²) in [5.41, 5.74) is 12.0. The molecule has 0 atom stereocenters. The molecule has 85 heavy (non-hydrogen) atoms. The number of hydrogen-bond acceptors (Lipinski definition) is 11. The summed E-state index contributed by atoms with van der Waals surface area (Å²) in [6, 6.07) is 28.5. The maximum absolute atomic E-state index is 11.8. The predicted molar refractivity (Wildman–Crippen MR) is 349 cm³/mol. The molecule has 0 fully saturated rings. The molecule has 8 bridgehead atoms. The van der Waals surface area contributed by atoms with E-state index in [-0.39, 0.29) is 26.7 Å². The first-order valence-corrected chi connectivity index (χ1v) is 29.9. The van der Waals surface area contributed by atoms with Crippen LogP contribution in [0.3, 0.4) is 0 Å². The highest BCUT2D eigenvalue weighted by molar-refractivity contribution is 7.15. The molecule has 440 valence electrons. The van der Waals surface area contributed by atoms with E-state index in [2.05, 4.69) is 169 Å². The molecular weight excluding hydrogens is 1080 g/mol. The first-order chi connectivity index (χ1) is 40.2. The second-order valence-electron chi connectivity index (χ2n) is 26.7. The summed E-state index contributed by atoms with van der Waals surface area (Å²) in [6.07, 6.45) is 12.6. The second kappa shape index (κ2) is 25.3. The quantitative estimate of drug-likeness (QED) is 0.0543. The van der Waals surface area contributed by atoms with Crippen molar-refractivity contribution in [1.82, 2.24) is 24.9 Å². The lowest BCUT2D eigenvalue weighted by atomic mass is 9.93. The van der Waals surface area contributed by atoms with E-state index in [1.807, 2.05) is 80.9 Å². The molecule has 2 N–H and O–H groups in total. The molecule has 0 amide bonds. The van der Waals surface area contributed by atoms with Crippen LogP contribution in [0.25, 0.3) is 68.6 Å². The summed E-state index contributed by atoms with van der Waals surface area (Å²) in [6.45, 7) is 28.5. The van der Waals surface area contributed by atoms with Crippen LogP contribution in [0.15, 0.2) is 91.1 Å². The number of aromatic amines is 2. The van der Waals surface area contributed by atoms with Crippen molar-refractivity contribution < 1.29 is 23.9 Å². The number of rotatable bonds is 16. The first-order valence-electron chi connectivity index (χ1n) is 29.1. The van der Waals surface area contributed by atoms with Crippen LogP contribution < -0.4 is 23.8 Å². The lowest BCUT2D eigenvalue weighted by Gasteiger charge is -2.20. The molecule has 9 rings (SSSR count). The molecule has 13 nitrogen and oxygen atoms in total. The van der Waals surface area contributed by atoms with Gasteiger partial charge in [-0.2, -0.15) is 0 Å². The Morgan fingerprint density at radius 2 is 0.882 bits per heavy atom. The number of ether oxygens (including phenoxy) is 4. The molecule has 0 unspecified atom stereocenters. The van der Waals surface area contributed by atoms with Crippen molar-refractivity contribution in [2.75, 3.05) is 45.4 Å². The summed E-state index contributed by atoms with van der Waals surface area (Å²) in [7, 11) is 4.04. The Kier molecular flexibility index (Phi) is 18.2. The van der Waals surface area contributed by atoms with Gasteiger partial charge in [-0.25, -0.2) is 15.0 Å². The first kappa shape index (κ1) is 61.0. The minimum atomic E-state index is -0.455. The minimum absolute atomic E-state index is 0.0582. The van der Waals surface area contributed by atoms with Gasteiger partial charge in [0.1, 0.15) is 29.2 Å². The molecule has 6 heterocycles. The van der Waals surface area contributed by atoms with Gasteiger partial charge in [0, 0.05) is 59.6 Å². The van der Waals surface area contributed by atoms with Crippen LogP contribution in [0.5, 0.6) is 23.0 Å². The van der Waals surface area contributed by atoms with Crippen LogP contribution in [0.2, 0.25) is 0 Å². The topological polar surface area (TPSA) is 154 Å². The molecule has 14 heteroatoms. The second-order valence-corrected chi connectivity index (χ2v) is 27.7. The Balaban J connectivity index is 1.36. The average Bonchev–Trinajstić information content (AvgIpc) is 2.14. The van der Waals surface area contributed by atoms with Gasteiger partial charge in [-0.05, 0) is 173 Å². The minimum Gasteiger partial charge on any atom is -0.493 e. The Labute approximate surface area is 505 Å². The molecule has 0 radical (unpaired) electrons. The van der Waals surface area contributed by atoms with Crippen LogP contribution in [-0.2, 0) is 0 Å². The fraction of sp³-hybridized carbons (Fsp3) is 0.366. The van der Waals surface area contributed by atoms with E-state index >= 15 is 0 Å². The van der Waals surface area contributed by atoms with Crippen molar-refractivity contribution in [2.45, 2.75) is 109 Å². The number of aromatic nitrogens is 5. The van der Waals surface area contributed by atoms with Gasteiger partial charge in [0.25, 0.3) is 0 Å². The Hall–Kier alpha value is -8.59.